The molecule has 0 bridgehead atoms. The molecule has 0 N–H and O–H groups in total. The van der Waals surface area contributed by atoms with Crippen molar-refractivity contribution in [1.29, 1.82) is 5.26 Å². The molecule has 0 aliphatic carbocycles. The molecular weight excluding hydrogens is 298 g/mol. The Bertz CT molecular complexity index is 859. The van der Waals surface area contributed by atoms with Crippen LogP contribution in [0, 0.1) is 11.3 Å². The highest BCUT2D eigenvalue weighted by Gasteiger charge is 2.07. The first-order chi connectivity index (χ1) is 11.2. The first-order valence-corrected chi connectivity index (χ1v) is 8.45. The van der Waals surface area contributed by atoms with Gasteiger partial charge in [-0.1, -0.05) is 55.8 Å². The fourth-order valence-corrected chi connectivity index (χ4v) is 3.25. The summed E-state index contributed by atoms with van der Waals surface area (Å²) in [5.41, 5.74) is 4.28. The predicted octanol–water partition coefficient (Wildman–Crippen LogP) is 6.15. The fraction of sp³-hybridized carbons (Fsp3) is 0.190. The van der Waals surface area contributed by atoms with Crippen molar-refractivity contribution in [2.24, 2.45) is 0 Å². The summed E-state index contributed by atoms with van der Waals surface area (Å²) >= 11 is 4.70. The minimum absolute atomic E-state index is 0.308. The summed E-state index contributed by atoms with van der Waals surface area (Å²) < 4.78 is 0. The van der Waals surface area contributed by atoms with Gasteiger partial charge in [0.25, 0.3) is 0 Å². The van der Waals surface area contributed by atoms with Crippen LogP contribution < -0.4 is 0 Å². The standard InChI is InChI=1S/C21H19NS/c1-2-3-21(23)20-11-10-18-12-17(8-9-19(18)13-20)16-6-4-15(14-22)5-7-16/h4-13,21,23H,2-3H2,1H3. The molecule has 0 saturated carbocycles. The molecule has 23 heavy (non-hydrogen) atoms. The molecular formula is C21H19NS. The van der Waals surface area contributed by atoms with E-state index in [0.29, 0.717) is 10.8 Å². The predicted molar refractivity (Wildman–Crippen MR) is 101 cm³/mol. The van der Waals surface area contributed by atoms with E-state index in [9.17, 15) is 0 Å². The smallest absolute Gasteiger partial charge is 0.0991 e. The van der Waals surface area contributed by atoms with Crippen LogP contribution in [0.5, 0.6) is 0 Å². The second-order valence-electron chi connectivity index (χ2n) is 5.81. The molecule has 3 aromatic rings. The van der Waals surface area contributed by atoms with Gasteiger partial charge < -0.3 is 0 Å². The quantitative estimate of drug-likeness (QED) is 0.573. The molecule has 1 unspecified atom stereocenters. The summed E-state index contributed by atoms with van der Waals surface area (Å²) in [6, 6.07) is 23.0. The van der Waals surface area contributed by atoms with Crippen LogP contribution in [0.25, 0.3) is 21.9 Å². The minimum atomic E-state index is 0.308. The molecule has 0 radical (unpaired) electrons. The molecule has 0 heterocycles. The average Bonchev–Trinajstić information content (AvgIpc) is 2.61. The van der Waals surface area contributed by atoms with Crippen LogP contribution >= 0.6 is 12.6 Å². The largest absolute Gasteiger partial charge is 0.192 e. The van der Waals surface area contributed by atoms with E-state index in [2.05, 4.69) is 49.4 Å². The van der Waals surface area contributed by atoms with Crippen LogP contribution in [0.3, 0.4) is 0 Å². The zero-order chi connectivity index (χ0) is 16.2. The van der Waals surface area contributed by atoms with Crippen LogP contribution in [0.4, 0.5) is 0 Å². The number of nitriles is 1. The summed E-state index contributed by atoms with van der Waals surface area (Å²) in [6.45, 7) is 2.19. The number of thiol groups is 1. The van der Waals surface area contributed by atoms with Crippen molar-refractivity contribution in [3.63, 3.8) is 0 Å². The number of rotatable bonds is 4. The molecule has 0 fully saturated rings. The van der Waals surface area contributed by atoms with Gasteiger partial charge in [0.1, 0.15) is 0 Å². The first-order valence-electron chi connectivity index (χ1n) is 7.93. The lowest BCUT2D eigenvalue weighted by atomic mass is 9.98. The van der Waals surface area contributed by atoms with E-state index in [4.69, 9.17) is 17.9 Å². The zero-order valence-electron chi connectivity index (χ0n) is 13.2. The van der Waals surface area contributed by atoms with Gasteiger partial charge in [0, 0.05) is 5.25 Å². The Morgan fingerprint density at radius 3 is 2.26 bits per heavy atom. The van der Waals surface area contributed by atoms with Crippen molar-refractivity contribution < 1.29 is 0 Å². The Morgan fingerprint density at radius 2 is 1.57 bits per heavy atom. The topological polar surface area (TPSA) is 23.8 Å². The second kappa shape index (κ2) is 6.89. The average molecular weight is 317 g/mol. The summed E-state index contributed by atoms with van der Waals surface area (Å²) in [4.78, 5) is 0. The van der Waals surface area contributed by atoms with Crippen molar-refractivity contribution in [2.75, 3.05) is 0 Å². The SMILES string of the molecule is CCCC(S)c1ccc2cc(-c3ccc(C#N)cc3)ccc2c1. The Balaban J connectivity index is 1.96. The number of nitrogens with zero attached hydrogens (tertiary/aromatic N) is 1. The highest BCUT2D eigenvalue weighted by molar-refractivity contribution is 7.80. The van der Waals surface area contributed by atoms with Crippen molar-refractivity contribution >= 4 is 23.4 Å². The molecule has 2 heteroatoms. The number of benzene rings is 3. The van der Waals surface area contributed by atoms with E-state index in [-0.39, 0.29) is 0 Å². The molecule has 0 spiro atoms. The van der Waals surface area contributed by atoms with Crippen LogP contribution in [0.2, 0.25) is 0 Å². The van der Waals surface area contributed by atoms with Crippen LogP contribution in [0.1, 0.15) is 36.1 Å². The molecule has 1 nitrogen and oxygen atoms in total. The highest BCUT2D eigenvalue weighted by atomic mass is 32.1. The van der Waals surface area contributed by atoms with Gasteiger partial charge in [0.2, 0.25) is 0 Å². The van der Waals surface area contributed by atoms with E-state index in [0.717, 1.165) is 18.4 Å². The van der Waals surface area contributed by atoms with Gasteiger partial charge in [0.05, 0.1) is 11.6 Å². The summed E-state index contributed by atoms with van der Waals surface area (Å²) in [7, 11) is 0. The van der Waals surface area contributed by atoms with Crippen molar-refractivity contribution in [3.8, 4) is 17.2 Å². The maximum absolute atomic E-state index is 8.89. The van der Waals surface area contributed by atoms with Crippen molar-refractivity contribution in [2.45, 2.75) is 25.0 Å². The molecule has 0 saturated heterocycles. The zero-order valence-corrected chi connectivity index (χ0v) is 14.1. The highest BCUT2D eigenvalue weighted by Crippen LogP contribution is 2.30. The maximum Gasteiger partial charge on any atom is 0.0991 e. The fourth-order valence-electron chi connectivity index (χ4n) is 2.83. The lowest BCUT2D eigenvalue weighted by Gasteiger charge is -2.11. The molecule has 0 aliphatic heterocycles. The van der Waals surface area contributed by atoms with Gasteiger partial charge >= 0.3 is 0 Å². The normalized spacial score (nSPS) is 12.0. The third-order valence-corrected chi connectivity index (χ3v) is 4.71. The van der Waals surface area contributed by atoms with Gasteiger partial charge in [-0.3, -0.25) is 0 Å². The van der Waals surface area contributed by atoms with Crippen LogP contribution in [-0.4, -0.2) is 0 Å². The Labute approximate surface area is 143 Å². The van der Waals surface area contributed by atoms with E-state index >= 15 is 0 Å². The third-order valence-electron chi connectivity index (χ3n) is 4.16. The van der Waals surface area contributed by atoms with E-state index in [1.165, 1.54) is 21.9 Å². The number of fused-ring (bicyclic) bond motifs is 1. The van der Waals surface area contributed by atoms with Crippen molar-refractivity contribution in [3.05, 3.63) is 71.8 Å². The monoisotopic (exact) mass is 317 g/mol. The molecule has 3 aromatic carbocycles. The summed E-state index contributed by atoms with van der Waals surface area (Å²) in [5, 5.41) is 11.7. The third kappa shape index (κ3) is 3.41. The van der Waals surface area contributed by atoms with Gasteiger partial charge in [-0.2, -0.15) is 17.9 Å². The van der Waals surface area contributed by atoms with E-state index in [1.54, 1.807) is 0 Å². The van der Waals surface area contributed by atoms with Gasteiger partial charge in [-0.25, -0.2) is 0 Å². The van der Waals surface area contributed by atoms with Gasteiger partial charge in [0.15, 0.2) is 0 Å². The molecule has 1 atom stereocenters. The molecule has 0 aromatic heterocycles. The lowest BCUT2D eigenvalue weighted by Crippen LogP contribution is -1.90. The van der Waals surface area contributed by atoms with E-state index < -0.39 is 0 Å². The van der Waals surface area contributed by atoms with Gasteiger partial charge in [-0.15, -0.1) is 0 Å². The maximum atomic E-state index is 8.89. The Morgan fingerprint density at radius 1 is 0.913 bits per heavy atom. The molecule has 0 aliphatic rings. The van der Waals surface area contributed by atoms with Crippen molar-refractivity contribution in [1.82, 2.24) is 0 Å². The number of hydrogen-bond donors (Lipinski definition) is 1. The molecule has 114 valence electrons. The number of hydrogen-bond acceptors (Lipinski definition) is 2. The van der Waals surface area contributed by atoms with Crippen LogP contribution in [0.15, 0.2) is 60.7 Å². The summed E-state index contributed by atoms with van der Waals surface area (Å²) in [5.74, 6) is 0. The molecule has 3 rings (SSSR count). The van der Waals surface area contributed by atoms with Gasteiger partial charge in [-0.05, 0) is 52.1 Å². The second-order valence-corrected chi connectivity index (χ2v) is 6.44. The summed E-state index contributed by atoms with van der Waals surface area (Å²) in [6.07, 6.45) is 2.24. The Hall–Kier alpha value is -2.24. The Kier molecular flexibility index (Phi) is 4.69. The first kappa shape index (κ1) is 15.6. The molecule has 0 amide bonds. The lowest BCUT2D eigenvalue weighted by molar-refractivity contribution is 0.783. The minimum Gasteiger partial charge on any atom is -0.192 e. The van der Waals surface area contributed by atoms with Crippen LogP contribution in [-0.2, 0) is 0 Å². The van der Waals surface area contributed by atoms with E-state index in [1.807, 2.05) is 24.3 Å².